The Morgan fingerprint density at radius 3 is 3.10 bits per heavy atom. The third-order valence-corrected chi connectivity index (χ3v) is 5.20. The van der Waals surface area contributed by atoms with Gasteiger partial charge in [0.05, 0.1) is 0 Å². The van der Waals surface area contributed by atoms with Gasteiger partial charge < -0.3 is 0 Å². The Balaban J connectivity index is 2.18. The van der Waals surface area contributed by atoms with E-state index in [0.29, 0.717) is 6.10 Å². The van der Waals surface area contributed by atoms with Gasteiger partial charge >= 0.3 is 70.1 Å². The topological polar surface area (TPSA) is 27.7 Å². The van der Waals surface area contributed by atoms with Crippen LogP contribution in [0.25, 0.3) is 0 Å². The summed E-state index contributed by atoms with van der Waals surface area (Å²) in [6.07, 6.45) is 1.36. The van der Waals surface area contributed by atoms with Crippen LogP contribution in [0.1, 0.15) is 20.3 Å². The molecule has 0 aliphatic carbocycles. The molecule has 0 aromatic heterocycles. The second-order valence-corrected chi connectivity index (χ2v) is 5.53. The molecular formula is C6H13O3Sb. The van der Waals surface area contributed by atoms with Crippen LogP contribution in [0, 0.1) is 0 Å². The first-order valence-corrected chi connectivity index (χ1v) is 6.68. The monoisotopic (exact) mass is 254 g/mol. The van der Waals surface area contributed by atoms with Crippen molar-refractivity contribution in [1.29, 1.82) is 0 Å². The minimum atomic E-state index is -2.09. The van der Waals surface area contributed by atoms with Crippen LogP contribution in [0.3, 0.4) is 0 Å². The van der Waals surface area contributed by atoms with Crippen molar-refractivity contribution in [1.82, 2.24) is 0 Å². The predicted octanol–water partition coefficient (Wildman–Crippen LogP) is 0.833. The van der Waals surface area contributed by atoms with Gasteiger partial charge in [-0.2, -0.15) is 0 Å². The first-order valence-electron chi connectivity index (χ1n) is 3.55. The standard InChI is InChI=1S/C4H8O2.C2H5O.Sb/c1-4(6)2-3-5;1-2-3;/h4H,2-3H2,1H3;2H2,1H3;/q-2;-1;+3. The van der Waals surface area contributed by atoms with E-state index in [1.54, 1.807) is 0 Å². The zero-order valence-corrected chi connectivity index (χ0v) is 8.92. The SMILES string of the molecule is CC[O][Sb]1[O]CCC(C)[O]1. The molecule has 1 fully saturated rings. The molecule has 1 atom stereocenters. The van der Waals surface area contributed by atoms with Gasteiger partial charge in [-0.05, 0) is 0 Å². The molecule has 10 heavy (non-hydrogen) atoms. The van der Waals surface area contributed by atoms with Crippen molar-refractivity contribution in [2.75, 3.05) is 13.2 Å². The molecule has 0 saturated carbocycles. The Kier molecular flexibility index (Phi) is 4.00. The molecule has 1 rings (SSSR count). The van der Waals surface area contributed by atoms with Crippen LogP contribution in [-0.2, 0) is 9.05 Å². The van der Waals surface area contributed by atoms with Crippen LogP contribution in [0.2, 0.25) is 0 Å². The second-order valence-electron chi connectivity index (χ2n) is 2.18. The zero-order chi connectivity index (χ0) is 7.40. The Bertz CT molecular complexity index is 97.0. The maximum absolute atomic E-state index is 5.47. The van der Waals surface area contributed by atoms with Gasteiger partial charge in [-0.1, -0.05) is 0 Å². The first kappa shape index (κ1) is 8.79. The molecule has 0 aromatic rings. The Hall–Kier alpha value is 0.698. The van der Waals surface area contributed by atoms with E-state index in [9.17, 15) is 0 Å². The molecule has 1 heterocycles. The third kappa shape index (κ3) is 2.75. The van der Waals surface area contributed by atoms with Crippen molar-refractivity contribution >= 4 is 21.5 Å². The van der Waals surface area contributed by atoms with Crippen molar-refractivity contribution in [2.24, 2.45) is 0 Å². The normalized spacial score (nSPS) is 28.8. The van der Waals surface area contributed by atoms with Gasteiger partial charge in [0.15, 0.2) is 0 Å². The van der Waals surface area contributed by atoms with E-state index >= 15 is 0 Å². The van der Waals surface area contributed by atoms with Crippen LogP contribution in [-0.4, -0.2) is 40.8 Å². The van der Waals surface area contributed by atoms with E-state index in [1.807, 2.05) is 6.92 Å². The summed E-state index contributed by atoms with van der Waals surface area (Å²) in [6, 6.07) is 0. The van der Waals surface area contributed by atoms with Gasteiger partial charge in [-0.25, -0.2) is 0 Å². The molecule has 1 saturated heterocycles. The van der Waals surface area contributed by atoms with Gasteiger partial charge in [0, 0.05) is 0 Å². The number of rotatable bonds is 2. The fourth-order valence-corrected chi connectivity index (χ4v) is 3.72. The molecule has 0 aromatic carbocycles. The third-order valence-electron chi connectivity index (χ3n) is 1.22. The summed E-state index contributed by atoms with van der Waals surface area (Å²) in [4.78, 5) is 0. The van der Waals surface area contributed by atoms with Gasteiger partial charge in [-0.15, -0.1) is 0 Å². The van der Waals surface area contributed by atoms with Gasteiger partial charge in [0.25, 0.3) is 0 Å². The van der Waals surface area contributed by atoms with Crippen molar-refractivity contribution in [3.8, 4) is 0 Å². The summed E-state index contributed by atoms with van der Waals surface area (Å²) < 4.78 is 16.1. The van der Waals surface area contributed by atoms with Crippen LogP contribution in [0.4, 0.5) is 0 Å². The quantitative estimate of drug-likeness (QED) is 0.684. The second kappa shape index (κ2) is 4.55. The molecule has 0 bridgehead atoms. The van der Waals surface area contributed by atoms with E-state index < -0.39 is 21.5 Å². The van der Waals surface area contributed by atoms with Crippen molar-refractivity contribution < 1.29 is 9.05 Å². The molecule has 60 valence electrons. The van der Waals surface area contributed by atoms with E-state index in [-0.39, 0.29) is 0 Å². The summed E-state index contributed by atoms with van der Waals surface area (Å²) in [5, 5.41) is 0. The molecule has 0 amide bonds. The fourth-order valence-electron chi connectivity index (χ4n) is 0.696. The molecule has 1 aliphatic heterocycles. The van der Waals surface area contributed by atoms with Gasteiger partial charge in [0.2, 0.25) is 0 Å². The predicted molar refractivity (Wildman–Crippen MR) is 38.5 cm³/mol. The fraction of sp³-hybridized carbons (Fsp3) is 1.00. The number of hydrogen-bond acceptors (Lipinski definition) is 3. The Morgan fingerprint density at radius 1 is 1.70 bits per heavy atom. The van der Waals surface area contributed by atoms with Gasteiger partial charge in [0.1, 0.15) is 0 Å². The molecule has 0 N–H and O–H groups in total. The first-order chi connectivity index (χ1) is 4.83. The molecule has 1 aliphatic rings. The van der Waals surface area contributed by atoms with Crippen LogP contribution in [0.5, 0.6) is 0 Å². The van der Waals surface area contributed by atoms with E-state index in [1.165, 1.54) is 0 Å². The summed E-state index contributed by atoms with van der Waals surface area (Å²) in [5.74, 6) is 0. The molecular weight excluding hydrogens is 242 g/mol. The van der Waals surface area contributed by atoms with Crippen molar-refractivity contribution in [3.05, 3.63) is 0 Å². The summed E-state index contributed by atoms with van der Waals surface area (Å²) in [6.45, 7) is 5.58. The average Bonchev–Trinajstić information content (AvgIpc) is 1.88. The van der Waals surface area contributed by atoms with E-state index in [0.717, 1.165) is 19.6 Å². The van der Waals surface area contributed by atoms with Gasteiger partial charge in [-0.3, -0.25) is 0 Å². The van der Waals surface area contributed by atoms with Crippen molar-refractivity contribution in [2.45, 2.75) is 26.4 Å². The molecule has 0 spiro atoms. The molecule has 0 radical (unpaired) electrons. The van der Waals surface area contributed by atoms with Crippen LogP contribution < -0.4 is 0 Å². The van der Waals surface area contributed by atoms with E-state index in [4.69, 9.17) is 9.05 Å². The van der Waals surface area contributed by atoms with E-state index in [2.05, 4.69) is 6.92 Å². The molecule has 4 heteroatoms. The summed E-state index contributed by atoms with van der Waals surface area (Å²) in [5.41, 5.74) is 0. The van der Waals surface area contributed by atoms with Crippen LogP contribution >= 0.6 is 0 Å². The summed E-state index contributed by atoms with van der Waals surface area (Å²) in [7, 11) is 0. The summed E-state index contributed by atoms with van der Waals surface area (Å²) >= 11 is -2.09. The van der Waals surface area contributed by atoms with Crippen LogP contribution in [0.15, 0.2) is 0 Å². The minimum absolute atomic E-state index is 0.350. The maximum atomic E-state index is 5.47. The number of hydrogen-bond donors (Lipinski definition) is 0. The molecule has 3 nitrogen and oxygen atoms in total. The Morgan fingerprint density at radius 2 is 2.50 bits per heavy atom. The zero-order valence-electron chi connectivity index (χ0n) is 6.37. The van der Waals surface area contributed by atoms with Crippen molar-refractivity contribution in [3.63, 3.8) is 0 Å². The molecule has 1 unspecified atom stereocenters. The average molecular weight is 255 g/mol. The Labute approximate surface area is 70.3 Å².